The second-order valence-corrected chi connectivity index (χ2v) is 8.33. The van der Waals surface area contributed by atoms with Gasteiger partial charge in [0.1, 0.15) is 17.6 Å². The summed E-state index contributed by atoms with van der Waals surface area (Å²) in [4.78, 5) is 40.6. The van der Waals surface area contributed by atoms with Crippen LogP contribution in [-0.4, -0.2) is 47.6 Å². The fourth-order valence-electron chi connectivity index (χ4n) is 3.47. The van der Waals surface area contributed by atoms with Gasteiger partial charge in [-0.05, 0) is 42.0 Å². The molecule has 0 aliphatic heterocycles. The lowest BCUT2D eigenvalue weighted by atomic mass is 10.0. The molecule has 9 nitrogen and oxygen atoms in total. The Kier molecular flexibility index (Phi) is 9.24. The van der Waals surface area contributed by atoms with Crippen LogP contribution in [0.25, 0.3) is 0 Å². The molecule has 3 rings (SSSR count). The van der Waals surface area contributed by atoms with E-state index >= 15 is 0 Å². The standard InChI is InChI=1S/C26H27ClN4O5/c1-16(32)29-21-7-4-6-20(27)24(21)25(33)31-22(26(34)35)15-17-9-11-19(12-10-17)36-14-13-18-5-3-8-23(28-2)30-18/h3-12,22H,13-15H2,1-2H3,(H,28,30)(H,29,32)(H,31,33)(H,34,35)/t22-/m0/s1. The van der Waals surface area contributed by atoms with E-state index < -0.39 is 17.9 Å². The van der Waals surface area contributed by atoms with Crippen LogP contribution in [0.5, 0.6) is 5.75 Å². The van der Waals surface area contributed by atoms with Gasteiger partial charge in [0.15, 0.2) is 0 Å². The number of nitrogens with zero attached hydrogens (tertiary/aromatic N) is 1. The molecule has 10 heteroatoms. The lowest BCUT2D eigenvalue weighted by Gasteiger charge is -2.17. The lowest BCUT2D eigenvalue weighted by molar-refractivity contribution is -0.139. The number of carboxylic acids is 1. The van der Waals surface area contributed by atoms with Crippen LogP contribution >= 0.6 is 11.6 Å². The second-order valence-electron chi connectivity index (χ2n) is 7.92. The first-order valence-corrected chi connectivity index (χ1v) is 11.6. The molecule has 4 N–H and O–H groups in total. The number of pyridine rings is 1. The molecule has 1 aromatic heterocycles. The van der Waals surface area contributed by atoms with Gasteiger partial charge in [-0.1, -0.05) is 35.9 Å². The lowest BCUT2D eigenvalue weighted by Crippen LogP contribution is -2.42. The van der Waals surface area contributed by atoms with Gasteiger partial charge in [-0.25, -0.2) is 9.78 Å². The SMILES string of the molecule is CNc1cccc(CCOc2ccc(C[C@H](NC(=O)c3c(Cl)cccc3NC(C)=O)C(=O)O)cc2)n1. The molecule has 36 heavy (non-hydrogen) atoms. The van der Waals surface area contributed by atoms with Gasteiger partial charge >= 0.3 is 5.97 Å². The minimum Gasteiger partial charge on any atom is -0.493 e. The van der Waals surface area contributed by atoms with Crippen molar-refractivity contribution in [3.05, 3.63) is 82.5 Å². The zero-order chi connectivity index (χ0) is 26.1. The Bertz CT molecular complexity index is 1230. The van der Waals surface area contributed by atoms with Crippen molar-refractivity contribution in [3.8, 4) is 5.75 Å². The van der Waals surface area contributed by atoms with Crippen LogP contribution in [0.15, 0.2) is 60.7 Å². The Morgan fingerprint density at radius 1 is 1.06 bits per heavy atom. The Labute approximate surface area is 213 Å². The molecular weight excluding hydrogens is 484 g/mol. The molecule has 0 saturated heterocycles. The molecule has 0 bridgehead atoms. The topological polar surface area (TPSA) is 130 Å². The van der Waals surface area contributed by atoms with Crippen molar-refractivity contribution < 1.29 is 24.2 Å². The number of anilines is 2. The van der Waals surface area contributed by atoms with E-state index in [0.717, 1.165) is 11.5 Å². The highest BCUT2D eigenvalue weighted by molar-refractivity contribution is 6.34. The third kappa shape index (κ3) is 7.44. The van der Waals surface area contributed by atoms with Gasteiger partial charge in [-0.15, -0.1) is 0 Å². The zero-order valence-electron chi connectivity index (χ0n) is 19.9. The Hall–Kier alpha value is -4.11. The summed E-state index contributed by atoms with van der Waals surface area (Å²) in [5.74, 6) is -0.861. The minimum absolute atomic E-state index is 0.000825. The van der Waals surface area contributed by atoms with Crippen molar-refractivity contribution in [2.24, 2.45) is 0 Å². The highest BCUT2D eigenvalue weighted by Gasteiger charge is 2.24. The Morgan fingerprint density at radius 2 is 1.78 bits per heavy atom. The molecule has 0 aliphatic rings. The van der Waals surface area contributed by atoms with E-state index in [1.165, 1.54) is 19.1 Å². The van der Waals surface area contributed by atoms with Gasteiger partial charge in [-0.3, -0.25) is 9.59 Å². The summed E-state index contributed by atoms with van der Waals surface area (Å²) in [6.07, 6.45) is 0.676. The first kappa shape index (κ1) is 26.5. The van der Waals surface area contributed by atoms with Gasteiger partial charge in [0.25, 0.3) is 5.91 Å². The quantitative estimate of drug-likeness (QED) is 0.309. The average Bonchev–Trinajstić information content (AvgIpc) is 2.84. The summed E-state index contributed by atoms with van der Waals surface area (Å²) in [5, 5.41) is 17.8. The molecule has 2 aromatic carbocycles. The van der Waals surface area contributed by atoms with Crippen molar-refractivity contribution in [2.75, 3.05) is 24.3 Å². The average molecular weight is 511 g/mol. The summed E-state index contributed by atoms with van der Waals surface area (Å²) in [7, 11) is 1.81. The molecule has 188 valence electrons. The van der Waals surface area contributed by atoms with Crippen molar-refractivity contribution in [1.29, 1.82) is 0 Å². The van der Waals surface area contributed by atoms with E-state index in [-0.39, 0.29) is 28.6 Å². The molecule has 0 fully saturated rings. The van der Waals surface area contributed by atoms with E-state index in [1.807, 2.05) is 25.2 Å². The predicted molar refractivity (Wildman–Crippen MR) is 138 cm³/mol. The Balaban J connectivity index is 1.61. The molecule has 2 amide bonds. The van der Waals surface area contributed by atoms with Gasteiger partial charge < -0.3 is 25.8 Å². The van der Waals surface area contributed by atoms with Gasteiger partial charge in [0.2, 0.25) is 5.91 Å². The number of amides is 2. The molecular formula is C26H27ClN4O5. The molecule has 0 unspecified atom stereocenters. The van der Waals surface area contributed by atoms with Crippen LogP contribution in [0.3, 0.4) is 0 Å². The van der Waals surface area contributed by atoms with E-state index in [2.05, 4.69) is 20.9 Å². The smallest absolute Gasteiger partial charge is 0.326 e. The highest BCUT2D eigenvalue weighted by atomic mass is 35.5. The van der Waals surface area contributed by atoms with E-state index in [1.54, 1.807) is 30.3 Å². The maximum absolute atomic E-state index is 12.9. The monoisotopic (exact) mass is 510 g/mol. The number of hydrogen-bond acceptors (Lipinski definition) is 6. The molecule has 0 saturated carbocycles. The number of benzene rings is 2. The van der Waals surface area contributed by atoms with Crippen LogP contribution in [0, 0.1) is 0 Å². The van der Waals surface area contributed by atoms with Crippen LogP contribution < -0.4 is 20.7 Å². The number of carbonyl (C=O) groups is 3. The molecule has 0 aliphatic carbocycles. The summed E-state index contributed by atoms with van der Waals surface area (Å²) in [6.45, 7) is 1.73. The van der Waals surface area contributed by atoms with Crippen molar-refractivity contribution in [1.82, 2.24) is 10.3 Å². The minimum atomic E-state index is -1.21. The van der Waals surface area contributed by atoms with Crippen molar-refractivity contribution in [3.63, 3.8) is 0 Å². The summed E-state index contributed by atoms with van der Waals surface area (Å²) < 4.78 is 5.78. The third-order valence-electron chi connectivity index (χ3n) is 5.21. The maximum Gasteiger partial charge on any atom is 0.326 e. The molecule has 3 aromatic rings. The molecule has 1 heterocycles. The largest absolute Gasteiger partial charge is 0.493 e. The summed E-state index contributed by atoms with van der Waals surface area (Å²) in [5.41, 5.74) is 1.79. The van der Waals surface area contributed by atoms with Crippen LogP contribution in [0.1, 0.15) is 28.5 Å². The Morgan fingerprint density at radius 3 is 2.44 bits per heavy atom. The number of halogens is 1. The number of carbonyl (C=O) groups excluding carboxylic acids is 2. The third-order valence-corrected chi connectivity index (χ3v) is 5.52. The van der Waals surface area contributed by atoms with Gasteiger partial charge in [-0.2, -0.15) is 0 Å². The summed E-state index contributed by atoms with van der Waals surface area (Å²) in [6, 6.07) is 16.1. The molecule has 0 spiro atoms. The van der Waals surface area contributed by atoms with E-state index in [4.69, 9.17) is 16.3 Å². The summed E-state index contributed by atoms with van der Waals surface area (Å²) >= 11 is 6.16. The number of rotatable bonds is 11. The van der Waals surface area contributed by atoms with Gasteiger partial charge in [0.05, 0.1) is 22.9 Å². The maximum atomic E-state index is 12.9. The normalized spacial score (nSPS) is 11.3. The van der Waals surface area contributed by atoms with Crippen LogP contribution in [-0.2, 0) is 22.4 Å². The fraction of sp³-hybridized carbons (Fsp3) is 0.231. The van der Waals surface area contributed by atoms with Crippen LogP contribution in [0.2, 0.25) is 5.02 Å². The number of ether oxygens (including phenoxy) is 1. The van der Waals surface area contributed by atoms with E-state index in [9.17, 15) is 19.5 Å². The number of nitrogens with one attached hydrogen (secondary N) is 3. The van der Waals surface area contributed by atoms with Crippen molar-refractivity contribution in [2.45, 2.75) is 25.8 Å². The number of hydrogen-bond donors (Lipinski definition) is 4. The molecule has 0 radical (unpaired) electrons. The first-order valence-electron chi connectivity index (χ1n) is 11.2. The van der Waals surface area contributed by atoms with Gasteiger partial charge in [0, 0.05) is 32.5 Å². The number of carboxylic acid groups (broad SMARTS) is 1. The van der Waals surface area contributed by atoms with Crippen molar-refractivity contribution >= 4 is 40.9 Å². The number of aromatic nitrogens is 1. The second kappa shape index (κ2) is 12.6. The predicted octanol–water partition coefficient (Wildman–Crippen LogP) is 3.78. The highest BCUT2D eigenvalue weighted by Crippen LogP contribution is 2.25. The zero-order valence-corrected chi connectivity index (χ0v) is 20.6. The first-order chi connectivity index (χ1) is 17.3. The van der Waals surface area contributed by atoms with Crippen LogP contribution in [0.4, 0.5) is 11.5 Å². The fourth-order valence-corrected chi connectivity index (χ4v) is 3.73. The number of aliphatic carboxylic acids is 1. The van der Waals surface area contributed by atoms with E-state index in [0.29, 0.717) is 24.3 Å². The molecule has 1 atom stereocenters.